The molecule has 0 heterocycles. The second kappa shape index (κ2) is 3.21. The van der Waals surface area contributed by atoms with E-state index in [0.29, 0.717) is 6.29 Å². The number of nitro groups is 1. The molecule has 0 aromatic heterocycles. The molecule has 0 saturated heterocycles. The van der Waals surface area contributed by atoms with Crippen molar-refractivity contribution in [3.05, 3.63) is 46.0 Å². The molecule has 1 fully saturated rings. The summed E-state index contributed by atoms with van der Waals surface area (Å²) in [5.74, 6) is -0.656. The first-order valence-electron chi connectivity index (χ1n) is 4.39. The molecule has 1 aromatic rings. The summed E-state index contributed by atoms with van der Waals surface area (Å²) >= 11 is 0. The summed E-state index contributed by atoms with van der Waals surface area (Å²) in [6.45, 7) is 0. The quantitative estimate of drug-likeness (QED) is 0.410. The molecule has 72 valence electrons. The third-order valence-electron chi connectivity index (χ3n) is 2.62. The summed E-state index contributed by atoms with van der Waals surface area (Å²) in [6, 6.07) is 8.44. The van der Waals surface area contributed by atoms with Gasteiger partial charge >= 0.3 is 0 Å². The number of benzene rings is 1. The van der Waals surface area contributed by atoms with Gasteiger partial charge in [0.2, 0.25) is 6.04 Å². The molecule has 14 heavy (non-hydrogen) atoms. The highest BCUT2D eigenvalue weighted by molar-refractivity contribution is 5.63. The fraction of sp³-hybridized carbons (Fsp3) is 0.300. The molecule has 4 heteroatoms. The molecule has 0 bridgehead atoms. The second-order valence-electron chi connectivity index (χ2n) is 3.43. The first kappa shape index (κ1) is 8.87. The molecule has 0 amide bonds. The Morgan fingerprint density at radius 2 is 1.93 bits per heavy atom. The Labute approximate surface area is 80.7 Å². The van der Waals surface area contributed by atoms with Gasteiger partial charge in [-0.15, -0.1) is 0 Å². The SMILES string of the molecule is O=C[C@@H]1[C@@H](c2ccccc2)[C@@H]1[N+](=O)[O-]. The Bertz CT molecular complexity index is 363. The smallest absolute Gasteiger partial charge is 0.231 e. The predicted octanol–water partition coefficient (Wildman–Crippen LogP) is 1.24. The molecule has 0 spiro atoms. The highest BCUT2D eigenvalue weighted by atomic mass is 16.6. The zero-order valence-corrected chi connectivity index (χ0v) is 7.37. The molecule has 1 aromatic carbocycles. The fourth-order valence-corrected chi connectivity index (χ4v) is 1.85. The van der Waals surface area contributed by atoms with Crippen LogP contribution in [0.3, 0.4) is 0 Å². The van der Waals surface area contributed by atoms with Gasteiger partial charge in [0, 0.05) is 4.92 Å². The lowest BCUT2D eigenvalue weighted by molar-refractivity contribution is -0.498. The van der Waals surface area contributed by atoms with Crippen LogP contribution in [0.15, 0.2) is 30.3 Å². The van der Waals surface area contributed by atoms with Crippen LogP contribution in [0.25, 0.3) is 0 Å². The average molecular weight is 191 g/mol. The van der Waals surface area contributed by atoms with Gasteiger partial charge in [0.1, 0.15) is 6.29 Å². The van der Waals surface area contributed by atoms with Gasteiger partial charge in [-0.3, -0.25) is 10.1 Å². The molecule has 2 rings (SSSR count). The van der Waals surface area contributed by atoms with E-state index in [1.807, 2.05) is 30.3 Å². The standard InChI is InChI=1S/C10H9NO3/c12-6-8-9(10(8)11(13)14)7-4-2-1-3-5-7/h1-6,8-10H/t8-,9-,10-/m1/s1. The van der Waals surface area contributed by atoms with Crippen molar-refractivity contribution in [2.75, 3.05) is 0 Å². The molecule has 0 aliphatic heterocycles. The number of aldehydes is 1. The van der Waals surface area contributed by atoms with E-state index in [1.165, 1.54) is 0 Å². The molecular weight excluding hydrogens is 182 g/mol. The van der Waals surface area contributed by atoms with Crippen molar-refractivity contribution in [1.29, 1.82) is 0 Å². The van der Waals surface area contributed by atoms with Gasteiger partial charge in [-0.2, -0.15) is 0 Å². The summed E-state index contributed by atoms with van der Waals surface area (Å²) in [5, 5.41) is 10.6. The first-order chi connectivity index (χ1) is 6.75. The monoisotopic (exact) mass is 191 g/mol. The van der Waals surface area contributed by atoms with Gasteiger partial charge in [-0.1, -0.05) is 30.3 Å². The van der Waals surface area contributed by atoms with E-state index in [-0.39, 0.29) is 10.8 Å². The highest BCUT2D eigenvalue weighted by Gasteiger charge is 2.61. The van der Waals surface area contributed by atoms with Crippen LogP contribution < -0.4 is 0 Å². The zero-order valence-electron chi connectivity index (χ0n) is 7.37. The van der Waals surface area contributed by atoms with Crippen molar-refractivity contribution in [2.24, 2.45) is 5.92 Å². The van der Waals surface area contributed by atoms with Crippen molar-refractivity contribution in [1.82, 2.24) is 0 Å². The van der Waals surface area contributed by atoms with Crippen molar-refractivity contribution in [3.8, 4) is 0 Å². The maximum Gasteiger partial charge on any atom is 0.231 e. The fourth-order valence-electron chi connectivity index (χ4n) is 1.85. The number of nitrogens with zero attached hydrogens (tertiary/aromatic N) is 1. The largest absolute Gasteiger partial charge is 0.303 e. The van der Waals surface area contributed by atoms with E-state index >= 15 is 0 Å². The molecule has 1 saturated carbocycles. The maximum atomic E-state index is 10.6. The van der Waals surface area contributed by atoms with E-state index < -0.39 is 12.0 Å². The summed E-state index contributed by atoms with van der Waals surface area (Å²) in [4.78, 5) is 20.8. The Kier molecular flexibility index (Phi) is 2.04. The predicted molar refractivity (Wildman–Crippen MR) is 49.5 cm³/mol. The van der Waals surface area contributed by atoms with Crippen LogP contribution in [0.1, 0.15) is 11.5 Å². The molecule has 1 aliphatic carbocycles. The van der Waals surface area contributed by atoms with Crippen LogP contribution in [0.2, 0.25) is 0 Å². The van der Waals surface area contributed by atoms with Gasteiger partial charge in [-0.05, 0) is 5.56 Å². The third kappa shape index (κ3) is 1.28. The Balaban J connectivity index is 2.22. The van der Waals surface area contributed by atoms with Crippen LogP contribution in [0.4, 0.5) is 0 Å². The van der Waals surface area contributed by atoms with E-state index in [0.717, 1.165) is 5.56 Å². The van der Waals surface area contributed by atoms with Gasteiger partial charge < -0.3 is 4.79 Å². The van der Waals surface area contributed by atoms with E-state index in [4.69, 9.17) is 0 Å². The van der Waals surface area contributed by atoms with E-state index in [1.54, 1.807) is 0 Å². The number of rotatable bonds is 3. The average Bonchev–Trinajstić information content (AvgIpc) is 2.93. The van der Waals surface area contributed by atoms with Crippen molar-refractivity contribution < 1.29 is 9.72 Å². The lowest BCUT2D eigenvalue weighted by atomic mass is 10.1. The van der Waals surface area contributed by atoms with Crippen molar-refractivity contribution >= 4 is 6.29 Å². The summed E-state index contributed by atoms with van der Waals surface area (Å²) in [5.41, 5.74) is 0.881. The summed E-state index contributed by atoms with van der Waals surface area (Å²) in [7, 11) is 0. The van der Waals surface area contributed by atoms with E-state index in [2.05, 4.69) is 0 Å². The minimum Gasteiger partial charge on any atom is -0.303 e. The zero-order chi connectivity index (χ0) is 10.1. The highest BCUT2D eigenvalue weighted by Crippen LogP contribution is 2.48. The Morgan fingerprint density at radius 1 is 1.29 bits per heavy atom. The minimum absolute atomic E-state index is 0.219. The first-order valence-corrected chi connectivity index (χ1v) is 4.39. The van der Waals surface area contributed by atoms with Gasteiger partial charge in [0.05, 0.1) is 11.8 Å². The maximum absolute atomic E-state index is 10.6. The van der Waals surface area contributed by atoms with Crippen LogP contribution in [-0.2, 0) is 4.79 Å². The molecular formula is C10H9NO3. The van der Waals surface area contributed by atoms with Crippen molar-refractivity contribution in [3.63, 3.8) is 0 Å². The normalized spacial score (nSPS) is 29.6. The topological polar surface area (TPSA) is 60.2 Å². The van der Waals surface area contributed by atoms with Gasteiger partial charge in [0.25, 0.3) is 0 Å². The lowest BCUT2D eigenvalue weighted by Gasteiger charge is -1.94. The molecule has 3 atom stereocenters. The van der Waals surface area contributed by atoms with Gasteiger partial charge in [-0.25, -0.2) is 0 Å². The second-order valence-corrected chi connectivity index (χ2v) is 3.43. The number of carbonyl (C=O) groups is 1. The van der Waals surface area contributed by atoms with Crippen LogP contribution >= 0.6 is 0 Å². The Hall–Kier alpha value is -1.71. The molecule has 1 aliphatic rings. The number of hydrogen-bond donors (Lipinski definition) is 0. The third-order valence-corrected chi connectivity index (χ3v) is 2.62. The molecule has 0 N–H and O–H groups in total. The van der Waals surface area contributed by atoms with Crippen LogP contribution in [-0.4, -0.2) is 17.3 Å². The summed E-state index contributed by atoms with van der Waals surface area (Å²) in [6.07, 6.45) is 0.686. The lowest BCUT2D eigenvalue weighted by Crippen LogP contribution is -2.05. The van der Waals surface area contributed by atoms with Crippen LogP contribution in [0, 0.1) is 16.0 Å². The summed E-state index contributed by atoms with van der Waals surface area (Å²) < 4.78 is 0. The number of carbonyl (C=O) groups excluding carboxylic acids is 1. The van der Waals surface area contributed by atoms with Crippen LogP contribution in [0.5, 0.6) is 0 Å². The molecule has 4 nitrogen and oxygen atoms in total. The van der Waals surface area contributed by atoms with Gasteiger partial charge in [0.15, 0.2) is 0 Å². The number of hydrogen-bond acceptors (Lipinski definition) is 3. The molecule has 0 radical (unpaired) electrons. The van der Waals surface area contributed by atoms with E-state index in [9.17, 15) is 14.9 Å². The Morgan fingerprint density at radius 3 is 2.36 bits per heavy atom. The minimum atomic E-state index is -0.713. The van der Waals surface area contributed by atoms with Crippen molar-refractivity contribution in [2.45, 2.75) is 12.0 Å². The molecule has 0 unspecified atom stereocenters.